The zero-order valence-electron chi connectivity index (χ0n) is 12.7. The molecule has 0 aliphatic carbocycles. The molecule has 0 heterocycles. The highest BCUT2D eigenvalue weighted by atomic mass is 16.5. The highest BCUT2D eigenvalue weighted by molar-refractivity contribution is 5.81. The van der Waals surface area contributed by atoms with E-state index in [2.05, 4.69) is 37.8 Å². The van der Waals surface area contributed by atoms with Gasteiger partial charge in [-0.25, -0.2) is 4.79 Å². The molecule has 2 aromatic rings. The first-order chi connectivity index (χ1) is 10.7. The van der Waals surface area contributed by atoms with Crippen LogP contribution in [0, 0.1) is 6.92 Å². The van der Waals surface area contributed by atoms with E-state index < -0.39 is 5.97 Å². The van der Waals surface area contributed by atoms with Crippen LogP contribution in [0.15, 0.2) is 61.2 Å². The van der Waals surface area contributed by atoms with Gasteiger partial charge in [-0.2, -0.15) is 0 Å². The molecule has 0 unspecified atom stereocenters. The fourth-order valence-electron chi connectivity index (χ4n) is 1.97. The van der Waals surface area contributed by atoms with Crippen LogP contribution < -0.4 is 4.74 Å². The Morgan fingerprint density at radius 2 is 1.59 bits per heavy atom. The van der Waals surface area contributed by atoms with Gasteiger partial charge in [-0.15, -0.1) is 0 Å². The van der Waals surface area contributed by atoms with Gasteiger partial charge in [0, 0.05) is 12.5 Å². The first-order valence-corrected chi connectivity index (χ1v) is 7.28. The maximum absolute atomic E-state index is 10.9. The van der Waals surface area contributed by atoms with Crippen molar-refractivity contribution in [3.8, 4) is 16.9 Å². The predicted molar refractivity (Wildman–Crippen MR) is 87.9 cm³/mol. The maximum atomic E-state index is 10.9. The second-order valence-corrected chi connectivity index (χ2v) is 4.96. The van der Waals surface area contributed by atoms with Gasteiger partial charge in [-0.1, -0.05) is 48.5 Å². The minimum absolute atomic E-state index is 0.340. The lowest BCUT2D eigenvalue weighted by atomic mass is 10.0. The molecule has 114 valence electrons. The average Bonchev–Trinajstić information content (AvgIpc) is 2.55. The van der Waals surface area contributed by atoms with E-state index >= 15 is 0 Å². The molecule has 3 nitrogen and oxygen atoms in total. The Labute approximate surface area is 131 Å². The van der Waals surface area contributed by atoms with Gasteiger partial charge in [-0.05, 0) is 30.2 Å². The minimum Gasteiger partial charge on any atom is -0.493 e. The molecule has 0 saturated heterocycles. The molecule has 0 bridgehead atoms. The van der Waals surface area contributed by atoms with E-state index in [0.29, 0.717) is 19.6 Å². The Bertz CT molecular complexity index is 612. The molecule has 2 aromatic carbocycles. The number of hydrogen-bond donors (Lipinski definition) is 0. The third kappa shape index (κ3) is 4.77. The van der Waals surface area contributed by atoms with Crippen molar-refractivity contribution in [3.05, 3.63) is 66.7 Å². The standard InChI is InChI=1S/C19H20O3/c1-3-19(20)22-14-4-13-21-18-11-9-17(10-12-18)16-7-5-15(2)6-8-16/h3,5-12H,1,4,13-14H2,2H3. The normalized spacial score (nSPS) is 10.0. The summed E-state index contributed by atoms with van der Waals surface area (Å²) in [7, 11) is 0. The van der Waals surface area contributed by atoms with E-state index in [4.69, 9.17) is 9.47 Å². The number of benzene rings is 2. The first-order valence-electron chi connectivity index (χ1n) is 7.28. The van der Waals surface area contributed by atoms with E-state index in [-0.39, 0.29) is 0 Å². The van der Waals surface area contributed by atoms with Crippen molar-refractivity contribution < 1.29 is 14.3 Å². The zero-order valence-corrected chi connectivity index (χ0v) is 12.7. The van der Waals surface area contributed by atoms with E-state index in [1.165, 1.54) is 11.1 Å². The van der Waals surface area contributed by atoms with Crippen LogP contribution in [0.1, 0.15) is 12.0 Å². The van der Waals surface area contributed by atoms with Crippen LogP contribution in [0.5, 0.6) is 5.75 Å². The molecule has 0 saturated carbocycles. The largest absolute Gasteiger partial charge is 0.493 e. The molecule has 0 aromatic heterocycles. The van der Waals surface area contributed by atoms with Crippen molar-refractivity contribution in [2.75, 3.05) is 13.2 Å². The molecule has 0 amide bonds. The predicted octanol–water partition coefficient (Wildman–Crippen LogP) is 4.16. The van der Waals surface area contributed by atoms with Crippen LogP contribution in [0.3, 0.4) is 0 Å². The van der Waals surface area contributed by atoms with Gasteiger partial charge >= 0.3 is 5.97 Å². The Hall–Kier alpha value is -2.55. The van der Waals surface area contributed by atoms with Crippen molar-refractivity contribution in [2.24, 2.45) is 0 Å². The first kappa shape index (κ1) is 15.8. The fraction of sp³-hybridized carbons (Fsp3) is 0.211. The van der Waals surface area contributed by atoms with Crippen LogP contribution >= 0.6 is 0 Å². The molecule has 2 rings (SSSR count). The van der Waals surface area contributed by atoms with Crippen molar-refractivity contribution in [1.82, 2.24) is 0 Å². The quantitative estimate of drug-likeness (QED) is 0.437. The number of rotatable bonds is 7. The highest BCUT2D eigenvalue weighted by Gasteiger charge is 2.00. The molecule has 0 aliphatic rings. The van der Waals surface area contributed by atoms with Gasteiger partial charge in [0.1, 0.15) is 5.75 Å². The number of aryl methyl sites for hydroxylation is 1. The highest BCUT2D eigenvalue weighted by Crippen LogP contribution is 2.22. The topological polar surface area (TPSA) is 35.5 Å². The summed E-state index contributed by atoms with van der Waals surface area (Å²) in [5.74, 6) is 0.411. The summed E-state index contributed by atoms with van der Waals surface area (Å²) in [6, 6.07) is 16.4. The Kier molecular flexibility index (Phi) is 5.78. The number of esters is 1. The number of carbonyl (C=O) groups is 1. The Morgan fingerprint density at radius 3 is 2.18 bits per heavy atom. The second-order valence-electron chi connectivity index (χ2n) is 4.96. The van der Waals surface area contributed by atoms with Gasteiger partial charge in [0.25, 0.3) is 0 Å². The lowest BCUT2D eigenvalue weighted by Gasteiger charge is -2.08. The molecule has 22 heavy (non-hydrogen) atoms. The molecule has 3 heteroatoms. The third-order valence-corrected chi connectivity index (χ3v) is 3.21. The van der Waals surface area contributed by atoms with E-state index in [1.54, 1.807) is 0 Å². The Morgan fingerprint density at radius 1 is 1.00 bits per heavy atom. The molecule has 0 fully saturated rings. The maximum Gasteiger partial charge on any atom is 0.330 e. The summed E-state index contributed by atoms with van der Waals surface area (Å²) in [6.07, 6.45) is 1.81. The van der Waals surface area contributed by atoms with Crippen molar-refractivity contribution >= 4 is 5.97 Å². The van der Waals surface area contributed by atoms with Crippen molar-refractivity contribution in [2.45, 2.75) is 13.3 Å². The number of carbonyl (C=O) groups excluding carboxylic acids is 1. The summed E-state index contributed by atoms with van der Waals surface area (Å²) in [5.41, 5.74) is 3.60. The lowest BCUT2D eigenvalue weighted by molar-refractivity contribution is -0.137. The monoisotopic (exact) mass is 296 g/mol. The van der Waals surface area contributed by atoms with Gasteiger partial charge in [0.2, 0.25) is 0 Å². The summed E-state index contributed by atoms with van der Waals surface area (Å²) in [6.45, 7) is 6.26. The van der Waals surface area contributed by atoms with Gasteiger partial charge in [0.05, 0.1) is 13.2 Å². The molecule has 0 N–H and O–H groups in total. The smallest absolute Gasteiger partial charge is 0.330 e. The van der Waals surface area contributed by atoms with Crippen molar-refractivity contribution in [3.63, 3.8) is 0 Å². The van der Waals surface area contributed by atoms with E-state index in [9.17, 15) is 4.79 Å². The average molecular weight is 296 g/mol. The second kappa shape index (κ2) is 8.03. The van der Waals surface area contributed by atoms with Crippen molar-refractivity contribution in [1.29, 1.82) is 0 Å². The summed E-state index contributed by atoms with van der Waals surface area (Å²) in [5, 5.41) is 0. The van der Waals surface area contributed by atoms with E-state index in [0.717, 1.165) is 17.4 Å². The molecule has 0 aliphatic heterocycles. The summed E-state index contributed by atoms with van der Waals surface area (Å²) >= 11 is 0. The van der Waals surface area contributed by atoms with Gasteiger partial charge in [0.15, 0.2) is 0 Å². The summed E-state index contributed by atoms with van der Waals surface area (Å²) < 4.78 is 10.5. The molecule has 0 spiro atoms. The molecule has 0 atom stereocenters. The van der Waals surface area contributed by atoms with Crippen LogP contribution in [0.25, 0.3) is 11.1 Å². The van der Waals surface area contributed by atoms with Crippen LogP contribution in [0.4, 0.5) is 0 Å². The number of ether oxygens (including phenoxy) is 2. The zero-order chi connectivity index (χ0) is 15.8. The van der Waals surface area contributed by atoms with Gasteiger partial charge < -0.3 is 9.47 Å². The summed E-state index contributed by atoms with van der Waals surface area (Å²) in [4.78, 5) is 10.9. The molecular formula is C19H20O3. The van der Waals surface area contributed by atoms with Gasteiger partial charge in [-0.3, -0.25) is 0 Å². The van der Waals surface area contributed by atoms with Crippen LogP contribution in [0.2, 0.25) is 0 Å². The number of hydrogen-bond acceptors (Lipinski definition) is 3. The molecule has 0 radical (unpaired) electrons. The van der Waals surface area contributed by atoms with Crippen LogP contribution in [-0.4, -0.2) is 19.2 Å². The lowest BCUT2D eigenvalue weighted by Crippen LogP contribution is -2.06. The minimum atomic E-state index is -0.401. The third-order valence-electron chi connectivity index (χ3n) is 3.21. The Balaban J connectivity index is 1.81. The van der Waals surface area contributed by atoms with E-state index in [1.807, 2.05) is 24.3 Å². The van der Waals surface area contributed by atoms with Crippen LogP contribution in [-0.2, 0) is 9.53 Å². The molecular weight excluding hydrogens is 276 g/mol. The fourth-order valence-corrected chi connectivity index (χ4v) is 1.97. The SMILES string of the molecule is C=CC(=O)OCCCOc1ccc(-c2ccc(C)cc2)cc1.